The number of anilines is 3. The molecule has 0 spiro atoms. The van der Waals surface area contributed by atoms with E-state index in [0.717, 1.165) is 47.5 Å². The van der Waals surface area contributed by atoms with Gasteiger partial charge in [-0.1, -0.05) is 11.8 Å². The van der Waals surface area contributed by atoms with Crippen LogP contribution in [0.2, 0.25) is 0 Å². The molecule has 4 aromatic rings. The summed E-state index contributed by atoms with van der Waals surface area (Å²) in [5.74, 6) is 0.502. The van der Waals surface area contributed by atoms with Crippen LogP contribution in [-0.4, -0.2) is 51.1 Å². The highest BCUT2D eigenvalue weighted by Crippen LogP contribution is 2.32. The lowest BCUT2D eigenvalue weighted by Gasteiger charge is -2.28. The Morgan fingerprint density at radius 3 is 2.21 bits per heavy atom. The molecule has 1 saturated heterocycles. The number of nitrogens with one attached hydrogen (secondary N) is 1. The zero-order valence-corrected chi connectivity index (χ0v) is 19.5. The summed E-state index contributed by atoms with van der Waals surface area (Å²) in [6.07, 6.45) is 1.81. The Morgan fingerprint density at radius 2 is 1.53 bits per heavy atom. The lowest BCUT2D eigenvalue weighted by molar-refractivity contribution is 0.122. The van der Waals surface area contributed by atoms with Gasteiger partial charge in [0.2, 0.25) is 5.95 Å². The Labute approximate surface area is 201 Å². The van der Waals surface area contributed by atoms with Crippen molar-refractivity contribution in [2.45, 2.75) is 16.8 Å². The molecule has 1 fully saturated rings. The third kappa shape index (κ3) is 4.80. The van der Waals surface area contributed by atoms with E-state index in [2.05, 4.69) is 27.3 Å². The maximum atomic E-state index is 9.93. The van der Waals surface area contributed by atoms with Gasteiger partial charge < -0.3 is 25.2 Å². The molecule has 0 atom stereocenters. The van der Waals surface area contributed by atoms with Gasteiger partial charge in [0, 0.05) is 53.3 Å². The van der Waals surface area contributed by atoms with Crippen LogP contribution in [0, 0.1) is 6.92 Å². The van der Waals surface area contributed by atoms with Crippen molar-refractivity contribution in [1.82, 2.24) is 14.5 Å². The van der Waals surface area contributed by atoms with E-state index in [1.807, 2.05) is 49.5 Å². The van der Waals surface area contributed by atoms with E-state index >= 15 is 0 Å². The van der Waals surface area contributed by atoms with Gasteiger partial charge in [0.1, 0.15) is 5.03 Å². The number of rotatable bonds is 6. The Balaban J connectivity index is 1.28. The molecule has 0 amide bonds. The van der Waals surface area contributed by atoms with Crippen molar-refractivity contribution in [3.05, 3.63) is 72.4 Å². The summed E-state index contributed by atoms with van der Waals surface area (Å²) >= 11 is 1.53. The molecule has 8 nitrogen and oxygen atoms in total. The Hall–Kier alpha value is -3.69. The summed E-state index contributed by atoms with van der Waals surface area (Å²) in [7, 11) is 0. The normalized spacial score (nSPS) is 13.7. The summed E-state index contributed by atoms with van der Waals surface area (Å²) in [6.45, 7) is 5.31. The zero-order chi connectivity index (χ0) is 23.5. The minimum absolute atomic E-state index is 0.0155. The monoisotopic (exact) mass is 475 g/mol. The Bertz CT molecular complexity index is 1250. The summed E-state index contributed by atoms with van der Waals surface area (Å²) in [5, 5.41) is 24.0. The minimum atomic E-state index is -0.0155. The van der Waals surface area contributed by atoms with Gasteiger partial charge in [-0.3, -0.25) is 4.57 Å². The van der Waals surface area contributed by atoms with E-state index in [9.17, 15) is 10.2 Å². The molecule has 3 N–H and O–H groups in total. The highest BCUT2D eigenvalue weighted by Gasteiger charge is 2.12. The molecule has 34 heavy (non-hydrogen) atoms. The van der Waals surface area contributed by atoms with Gasteiger partial charge in [0.15, 0.2) is 11.8 Å². The lowest BCUT2D eigenvalue weighted by atomic mass is 10.2. The van der Waals surface area contributed by atoms with Gasteiger partial charge >= 0.3 is 0 Å². The number of hydrogen-bond acceptors (Lipinski definition) is 8. The van der Waals surface area contributed by atoms with Gasteiger partial charge in [-0.15, -0.1) is 0 Å². The van der Waals surface area contributed by atoms with E-state index in [0.29, 0.717) is 11.6 Å². The first kappa shape index (κ1) is 22.1. The van der Waals surface area contributed by atoms with Crippen LogP contribution in [0.15, 0.2) is 76.8 Å². The van der Waals surface area contributed by atoms with E-state index < -0.39 is 0 Å². The highest BCUT2D eigenvalue weighted by atomic mass is 32.2. The van der Waals surface area contributed by atoms with Gasteiger partial charge in [-0.25, -0.2) is 9.97 Å². The number of aromatic nitrogens is 3. The van der Waals surface area contributed by atoms with Crippen molar-refractivity contribution in [1.29, 1.82) is 0 Å². The topological polar surface area (TPSA) is 95.7 Å². The van der Waals surface area contributed by atoms with Crippen LogP contribution in [0.5, 0.6) is 11.8 Å². The number of benzene rings is 2. The molecule has 5 rings (SSSR count). The van der Waals surface area contributed by atoms with Gasteiger partial charge in [0.05, 0.1) is 18.9 Å². The van der Waals surface area contributed by atoms with E-state index in [-0.39, 0.29) is 11.8 Å². The SMILES string of the molecule is Cc1cnc(Nc2ccc(N3CCOCC3)cc2)nc1Sc1ccc(-n2c(O)ccc2O)cc1. The largest absolute Gasteiger partial charge is 0.494 e. The smallest absolute Gasteiger partial charge is 0.228 e. The average molecular weight is 476 g/mol. The zero-order valence-electron chi connectivity index (χ0n) is 18.7. The number of nitrogens with zero attached hydrogens (tertiary/aromatic N) is 4. The van der Waals surface area contributed by atoms with Gasteiger partial charge in [0.25, 0.3) is 0 Å². The molecule has 0 aliphatic carbocycles. The Morgan fingerprint density at radius 1 is 0.882 bits per heavy atom. The van der Waals surface area contributed by atoms with Crippen molar-refractivity contribution in [3.8, 4) is 17.4 Å². The molecule has 0 bridgehead atoms. The van der Waals surface area contributed by atoms with Gasteiger partial charge in [-0.05, 0) is 55.5 Å². The van der Waals surface area contributed by atoms with E-state index in [1.54, 1.807) is 0 Å². The van der Waals surface area contributed by atoms with Crippen molar-refractivity contribution in [2.24, 2.45) is 0 Å². The van der Waals surface area contributed by atoms with Crippen LogP contribution < -0.4 is 10.2 Å². The third-order valence-electron chi connectivity index (χ3n) is 5.57. The predicted octanol–water partition coefficient (Wildman–Crippen LogP) is 4.72. The summed E-state index contributed by atoms with van der Waals surface area (Å²) in [5.41, 5.74) is 3.75. The summed E-state index contributed by atoms with van der Waals surface area (Å²) in [6, 6.07) is 18.7. The van der Waals surface area contributed by atoms with Crippen molar-refractivity contribution in [3.63, 3.8) is 0 Å². The minimum Gasteiger partial charge on any atom is -0.494 e. The highest BCUT2D eigenvalue weighted by molar-refractivity contribution is 7.99. The molecule has 3 heterocycles. The van der Waals surface area contributed by atoms with Crippen LogP contribution in [0.1, 0.15) is 5.56 Å². The standard InChI is InChI=1S/C25H25N5O3S/c1-17-16-26-25(27-18-2-4-19(5-3-18)29-12-14-33-15-13-29)28-24(17)34-21-8-6-20(7-9-21)30-22(31)10-11-23(30)32/h2-11,16,31-32H,12-15H2,1H3,(H,26,27,28). The first-order valence-corrected chi connectivity index (χ1v) is 11.8. The van der Waals surface area contributed by atoms with E-state index in [1.165, 1.54) is 34.1 Å². The van der Waals surface area contributed by atoms with Crippen LogP contribution >= 0.6 is 11.8 Å². The third-order valence-corrected chi connectivity index (χ3v) is 6.69. The van der Waals surface area contributed by atoms with Crippen molar-refractivity contribution < 1.29 is 14.9 Å². The fraction of sp³-hybridized carbons (Fsp3) is 0.200. The molecule has 1 aliphatic rings. The number of aryl methyl sites for hydroxylation is 1. The maximum absolute atomic E-state index is 9.93. The molecule has 2 aromatic heterocycles. The Kier molecular flexibility index (Phi) is 6.29. The fourth-order valence-electron chi connectivity index (χ4n) is 3.75. The van der Waals surface area contributed by atoms with Crippen molar-refractivity contribution >= 4 is 29.1 Å². The molecule has 0 unspecified atom stereocenters. The molecular formula is C25H25N5O3S. The number of morpholine rings is 1. The van der Waals surface area contributed by atoms with Crippen molar-refractivity contribution in [2.75, 3.05) is 36.5 Å². The predicted molar refractivity (Wildman–Crippen MR) is 133 cm³/mol. The number of ether oxygens (including phenoxy) is 1. The summed E-state index contributed by atoms with van der Waals surface area (Å²) < 4.78 is 6.80. The summed E-state index contributed by atoms with van der Waals surface area (Å²) in [4.78, 5) is 12.4. The van der Waals surface area contributed by atoms with E-state index in [4.69, 9.17) is 9.72 Å². The van der Waals surface area contributed by atoms with Crippen LogP contribution in [-0.2, 0) is 4.74 Å². The molecule has 9 heteroatoms. The number of hydrogen-bond donors (Lipinski definition) is 3. The second-order valence-electron chi connectivity index (χ2n) is 7.93. The first-order valence-electron chi connectivity index (χ1n) is 11.0. The molecule has 174 valence electrons. The van der Waals surface area contributed by atoms with Crippen LogP contribution in [0.3, 0.4) is 0 Å². The average Bonchev–Trinajstić information content (AvgIpc) is 3.20. The molecule has 0 radical (unpaired) electrons. The molecular weight excluding hydrogens is 450 g/mol. The van der Waals surface area contributed by atoms with Crippen LogP contribution in [0.25, 0.3) is 5.69 Å². The lowest BCUT2D eigenvalue weighted by Crippen LogP contribution is -2.36. The molecule has 2 aromatic carbocycles. The first-order chi connectivity index (χ1) is 16.6. The molecule has 0 saturated carbocycles. The van der Waals surface area contributed by atoms with Crippen LogP contribution in [0.4, 0.5) is 17.3 Å². The fourth-order valence-corrected chi connectivity index (χ4v) is 4.59. The maximum Gasteiger partial charge on any atom is 0.228 e. The molecule has 1 aliphatic heterocycles. The quantitative estimate of drug-likeness (QED) is 0.345. The second kappa shape index (κ2) is 9.66. The number of aromatic hydroxyl groups is 2. The van der Waals surface area contributed by atoms with Gasteiger partial charge in [-0.2, -0.15) is 0 Å². The second-order valence-corrected chi connectivity index (χ2v) is 9.00.